The molecule has 1 amide bonds. The Balaban J connectivity index is 1.49. The molecule has 2 aromatic heterocycles. The summed E-state index contributed by atoms with van der Waals surface area (Å²) in [6.45, 7) is 0.596. The number of nitrogens with zero attached hydrogens (tertiary/aromatic N) is 4. The third kappa shape index (κ3) is 3.46. The number of furan rings is 1. The molecule has 2 heterocycles. The second-order valence-corrected chi connectivity index (χ2v) is 5.26. The molecule has 0 saturated heterocycles. The molecule has 2 atom stereocenters. The van der Waals surface area contributed by atoms with Crippen molar-refractivity contribution in [3.63, 3.8) is 0 Å². The zero-order valence-electron chi connectivity index (χ0n) is 11.5. The normalized spacial score (nSPS) is 21.6. The Labute approximate surface area is 121 Å². The van der Waals surface area contributed by atoms with Crippen molar-refractivity contribution in [3.8, 4) is 11.6 Å². The van der Waals surface area contributed by atoms with Crippen LogP contribution in [0.3, 0.4) is 0 Å². The summed E-state index contributed by atoms with van der Waals surface area (Å²) in [6, 6.07) is 3.46. The van der Waals surface area contributed by atoms with Gasteiger partial charge in [-0.3, -0.25) is 4.79 Å². The zero-order valence-corrected chi connectivity index (χ0v) is 11.5. The van der Waals surface area contributed by atoms with Gasteiger partial charge in [0.1, 0.15) is 6.54 Å². The summed E-state index contributed by atoms with van der Waals surface area (Å²) in [5.41, 5.74) is 0. The van der Waals surface area contributed by atoms with E-state index in [1.807, 2.05) is 0 Å². The van der Waals surface area contributed by atoms with Crippen molar-refractivity contribution >= 4 is 5.91 Å². The fourth-order valence-electron chi connectivity index (χ4n) is 2.49. The maximum absolute atomic E-state index is 11.8. The zero-order chi connectivity index (χ0) is 14.7. The van der Waals surface area contributed by atoms with Gasteiger partial charge in [-0.1, -0.05) is 0 Å². The van der Waals surface area contributed by atoms with Gasteiger partial charge in [-0.2, -0.15) is 4.80 Å². The molecule has 0 aliphatic heterocycles. The second kappa shape index (κ2) is 6.04. The van der Waals surface area contributed by atoms with Gasteiger partial charge < -0.3 is 14.8 Å². The van der Waals surface area contributed by atoms with Crippen molar-refractivity contribution in [2.45, 2.75) is 31.9 Å². The number of amides is 1. The average molecular weight is 291 g/mol. The quantitative estimate of drug-likeness (QED) is 0.815. The fraction of sp³-hybridized carbons (Fsp3) is 0.538. The summed E-state index contributed by atoms with van der Waals surface area (Å²) in [6.07, 6.45) is 3.83. The van der Waals surface area contributed by atoms with Gasteiger partial charge in [0.2, 0.25) is 11.7 Å². The van der Waals surface area contributed by atoms with Crippen LogP contribution in [0.5, 0.6) is 0 Å². The molecule has 2 aromatic rings. The van der Waals surface area contributed by atoms with Crippen molar-refractivity contribution in [1.82, 2.24) is 25.5 Å². The van der Waals surface area contributed by atoms with Crippen molar-refractivity contribution in [2.24, 2.45) is 5.92 Å². The summed E-state index contributed by atoms with van der Waals surface area (Å²) in [5, 5.41) is 24.0. The van der Waals surface area contributed by atoms with Gasteiger partial charge in [-0.15, -0.1) is 10.2 Å². The minimum Gasteiger partial charge on any atom is -0.461 e. The molecule has 1 aliphatic carbocycles. The number of aliphatic hydroxyl groups excluding tert-OH is 1. The van der Waals surface area contributed by atoms with Crippen LogP contribution in [0.1, 0.15) is 19.3 Å². The number of tetrazole rings is 1. The summed E-state index contributed by atoms with van der Waals surface area (Å²) in [4.78, 5) is 13.1. The van der Waals surface area contributed by atoms with Crippen molar-refractivity contribution < 1.29 is 14.3 Å². The number of aliphatic hydroxyl groups is 1. The molecular formula is C13H17N5O3. The van der Waals surface area contributed by atoms with Crippen molar-refractivity contribution in [1.29, 1.82) is 0 Å². The molecule has 0 bridgehead atoms. The first-order valence-corrected chi connectivity index (χ1v) is 6.97. The van der Waals surface area contributed by atoms with Crippen LogP contribution in [-0.2, 0) is 11.3 Å². The van der Waals surface area contributed by atoms with E-state index in [1.165, 1.54) is 11.1 Å². The largest absolute Gasteiger partial charge is 0.461 e. The molecule has 0 aromatic carbocycles. The molecule has 21 heavy (non-hydrogen) atoms. The van der Waals surface area contributed by atoms with Gasteiger partial charge in [0.05, 0.1) is 12.4 Å². The standard InChI is InChI=1S/C13H17N5O3/c19-10-4-3-9(6-10)7-14-12(20)8-18-16-13(15-17-18)11-2-1-5-21-11/h1-2,5,9-10,19H,3-4,6-8H2,(H,14,20). The van der Waals surface area contributed by atoms with Gasteiger partial charge >= 0.3 is 0 Å². The van der Waals surface area contributed by atoms with E-state index in [0.29, 0.717) is 24.0 Å². The van der Waals surface area contributed by atoms with E-state index in [4.69, 9.17) is 4.42 Å². The van der Waals surface area contributed by atoms with E-state index in [0.717, 1.165) is 19.3 Å². The van der Waals surface area contributed by atoms with E-state index in [-0.39, 0.29) is 18.6 Å². The molecule has 112 valence electrons. The van der Waals surface area contributed by atoms with E-state index < -0.39 is 0 Å². The van der Waals surface area contributed by atoms with Crippen LogP contribution in [0, 0.1) is 5.92 Å². The Bertz CT molecular complexity index is 595. The first-order chi connectivity index (χ1) is 10.2. The lowest BCUT2D eigenvalue weighted by atomic mass is 10.1. The van der Waals surface area contributed by atoms with E-state index in [9.17, 15) is 9.90 Å². The van der Waals surface area contributed by atoms with Crippen LogP contribution < -0.4 is 5.32 Å². The molecule has 1 saturated carbocycles. The van der Waals surface area contributed by atoms with E-state index in [1.54, 1.807) is 12.1 Å². The number of aromatic nitrogens is 4. The third-order valence-electron chi connectivity index (χ3n) is 3.58. The van der Waals surface area contributed by atoms with E-state index in [2.05, 4.69) is 20.7 Å². The molecule has 2 unspecified atom stereocenters. The third-order valence-corrected chi connectivity index (χ3v) is 3.58. The van der Waals surface area contributed by atoms with Gasteiger partial charge in [0, 0.05) is 6.54 Å². The minimum absolute atomic E-state index is 0.0168. The first-order valence-electron chi connectivity index (χ1n) is 6.97. The highest BCUT2D eigenvalue weighted by atomic mass is 16.3. The predicted molar refractivity (Wildman–Crippen MR) is 71.9 cm³/mol. The summed E-state index contributed by atoms with van der Waals surface area (Å²) in [5.74, 6) is 1.06. The number of rotatable bonds is 5. The van der Waals surface area contributed by atoms with Crippen LogP contribution in [-0.4, -0.2) is 43.9 Å². The summed E-state index contributed by atoms with van der Waals surface area (Å²) >= 11 is 0. The SMILES string of the molecule is O=C(Cn1nnc(-c2ccco2)n1)NCC1CCC(O)C1. The molecule has 1 aliphatic rings. The lowest BCUT2D eigenvalue weighted by Gasteiger charge is -2.10. The first kappa shape index (κ1) is 13.7. The van der Waals surface area contributed by atoms with Gasteiger partial charge in [0.15, 0.2) is 5.76 Å². The molecule has 3 rings (SSSR count). The van der Waals surface area contributed by atoms with Crippen molar-refractivity contribution in [2.75, 3.05) is 6.54 Å². The number of nitrogens with one attached hydrogen (secondary N) is 1. The molecule has 0 spiro atoms. The summed E-state index contributed by atoms with van der Waals surface area (Å²) < 4.78 is 5.16. The molecule has 2 N–H and O–H groups in total. The Hall–Kier alpha value is -2.22. The fourth-order valence-corrected chi connectivity index (χ4v) is 2.49. The number of hydrogen-bond acceptors (Lipinski definition) is 6. The maximum atomic E-state index is 11.8. The number of carbonyl (C=O) groups is 1. The molecule has 1 fully saturated rings. The molecular weight excluding hydrogens is 274 g/mol. The number of carbonyl (C=O) groups excluding carboxylic acids is 1. The lowest BCUT2D eigenvalue weighted by molar-refractivity contribution is -0.122. The van der Waals surface area contributed by atoms with Crippen molar-refractivity contribution in [3.05, 3.63) is 18.4 Å². The Morgan fingerprint density at radius 1 is 1.52 bits per heavy atom. The van der Waals surface area contributed by atoms with E-state index >= 15 is 0 Å². The topological polar surface area (TPSA) is 106 Å². The Morgan fingerprint density at radius 3 is 3.14 bits per heavy atom. The van der Waals surface area contributed by atoms with Gasteiger partial charge in [0.25, 0.3) is 0 Å². The van der Waals surface area contributed by atoms with Gasteiger partial charge in [-0.25, -0.2) is 0 Å². The predicted octanol–water partition coefficient (Wildman–Crippen LogP) is 0.210. The lowest BCUT2D eigenvalue weighted by Crippen LogP contribution is -2.32. The van der Waals surface area contributed by atoms with Crippen LogP contribution >= 0.6 is 0 Å². The number of hydrogen-bond donors (Lipinski definition) is 2. The highest BCUT2D eigenvalue weighted by Gasteiger charge is 2.23. The smallest absolute Gasteiger partial charge is 0.243 e. The van der Waals surface area contributed by atoms with Gasteiger partial charge in [-0.05, 0) is 42.5 Å². The van der Waals surface area contributed by atoms with Crippen LogP contribution in [0.15, 0.2) is 22.8 Å². The second-order valence-electron chi connectivity index (χ2n) is 5.26. The Morgan fingerprint density at radius 2 is 2.43 bits per heavy atom. The molecule has 0 radical (unpaired) electrons. The van der Waals surface area contributed by atoms with Crippen LogP contribution in [0.4, 0.5) is 0 Å². The highest BCUT2D eigenvalue weighted by molar-refractivity contribution is 5.75. The summed E-state index contributed by atoms with van der Waals surface area (Å²) in [7, 11) is 0. The van der Waals surface area contributed by atoms with Crippen LogP contribution in [0.25, 0.3) is 11.6 Å². The maximum Gasteiger partial charge on any atom is 0.243 e. The Kier molecular flexibility index (Phi) is 3.96. The molecule has 8 heteroatoms. The monoisotopic (exact) mass is 291 g/mol. The highest BCUT2D eigenvalue weighted by Crippen LogP contribution is 2.24. The average Bonchev–Trinajstić information content (AvgIpc) is 3.16. The van der Waals surface area contributed by atoms with Crippen LogP contribution in [0.2, 0.25) is 0 Å². The minimum atomic E-state index is -0.222. The molecule has 8 nitrogen and oxygen atoms in total.